The molecule has 1 amide bonds. The fraction of sp³-hybridized carbons (Fsp3) is 0. The summed E-state index contributed by atoms with van der Waals surface area (Å²) >= 11 is 5.81. The van der Waals surface area contributed by atoms with Crippen LogP contribution in [0.4, 0.5) is 20.2 Å². The highest BCUT2D eigenvalue weighted by atomic mass is 35.5. The topological polar surface area (TPSA) is 72.2 Å². The molecular weight excluding hydrogens is 306 g/mol. The van der Waals surface area contributed by atoms with Crippen molar-refractivity contribution >= 4 is 28.9 Å². The molecule has 108 valence electrons. The highest BCUT2D eigenvalue weighted by Gasteiger charge is 2.26. The lowest BCUT2D eigenvalue weighted by atomic mass is 10.1. The molecule has 2 aromatic carbocycles. The lowest BCUT2D eigenvalue weighted by molar-refractivity contribution is -0.387. The number of anilines is 1. The third-order valence-electron chi connectivity index (χ3n) is 2.62. The van der Waals surface area contributed by atoms with E-state index in [0.29, 0.717) is 12.1 Å². The first-order chi connectivity index (χ1) is 9.91. The van der Waals surface area contributed by atoms with Gasteiger partial charge in [-0.1, -0.05) is 23.7 Å². The molecule has 0 bridgehead atoms. The Morgan fingerprint density at radius 1 is 1.19 bits per heavy atom. The van der Waals surface area contributed by atoms with Gasteiger partial charge in [0.2, 0.25) is 5.82 Å². The van der Waals surface area contributed by atoms with Gasteiger partial charge in [-0.15, -0.1) is 0 Å². The summed E-state index contributed by atoms with van der Waals surface area (Å²) in [4.78, 5) is 21.5. The normalized spacial score (nSPS) is 10.2. The number of hydrogen-bond donors (Lipinski definition) is 1. The van der Waals surface area contributed by atoms with Gasteiger partial charge in [-0.05, 0) is 18.2 Å². The predicted octanol–water partition coefficient (Wildman–Crippen LogP) is 3.78. The summed E-state index contributed by atoms with van der Waals surface area (Å²) in [5.41, 5.74) is -1.89. The van der Waals surface area contributed by atoms with Crippen LogP contribution in [-0.2, 0) is 0 Å². The predicted molar refractivity (Wildman–Crippen MR) is 72.4 cm³/mol. The smallest absolute Gasteiger partial charge is 0.305 e. The van der Waals surface area contributed by atoms with Crippen LogP contribution >= 0.6 is 11.6 Å². The Bertz CT molecular complexity index is 737. The molecular formula is C13H7ClF2N2O3. The van der Waals surface area contributed by atoms with Gasteiger partial charge in [-0.2, -0.15) is 4.39 Å². The van der Waals surface area contributed by atoms with Gasteiger partial charge in [-0.25, -0.2) is 4.39 Å². The van der Waals surface area contributed by atoms with Crippen molar-refractivity contribution in [2.75, 3.05) is 5.32 Å². The molecule has 0 aromatic heterocycles. The average molecular weight is 313 g/mol. The number of amides is 1. The van der Waals surface area contributed by atoms with E-state index in [-0.39, 0.29) is 10.7 Å². The molecule has 0 fully saturated rings. The fourth-order valence-corrected chi connectivity index (χ4v) is 1.82. The van der Waals surface area contributed by atoms with Gasteiger partial charge in [-0.3, -0.25) is 14.9 Å². The third kappa shape index (κ3) is 2.97. The first-order valence-corrected chi connectivity index (χ1v) is 5.98. The Morgan fingerprint density at radius 2 is 1.86 bits per heavy atom. The molecule has 0 saturated heterocycles. The third-order valence-corrected chi connectivity index (χ3v) is 2.95. The van der Waals surface area contributed by atoms with E-state index < -0.39 is 33.7 Å². The second-order valence-electron chi connectivity index (χ2n) is 3.95. The van der Waals surface area contributed by atoms with Crippen LogP contribution < -0.4 is 5.32 Å². The van der Waals surface area contributed by atoms with Crippen molar-refractivity contribution in [1.82, 2.24) is 0 Å². The SMILES string of the molecule is O=C(Nc1ccccc1Cl)c1c(F)ccc([N+](=O)[O-])c1F. The summed E-state index contributed by atoms with van der Waals surface area (Å²) in [5, 5.41) is 13.0. The Kier molecular flexibility index (Phi) is 4.13. The molecule has 0 radical (unpaired) electrons. The summed E-state index contributed by atoms with van der Waals surface area (Å²) in [7, 11) is 0. The van der Waals surface area contributed by atoms with E-state index in [1.54, 1.807) is 12.1 Å². The van der Waals surface area contributed by atoms with Crippen molar-refractivity contribution in [3.05, 3.63) is 68.7 Å². The maximum absolute atomic E-state index is 13.9. The number of carbonyl (C=O) groups excluding carboxylic acids is 1. The van der Waals surface area contributed by atoms with E-state index in [4.69, 9.17) is 11.6 Å². The second kappa shape index (κ2) is 5.84. The maximum atomic E-state index is 13.9. The summed E-state index contributed by atoms with van der Waals surface area (Å²) in [5.74, 6) is -3.91. The van der Waals surface area contributed by atoms with Crippen LogP contribution in [0.3, 0.4) is 0 Å². The number of halogens is 3. The molecule has 1 N–H and O–H groups in total. The van der Waals surface area contributed by atoms with Crippen LogP contribution in [0.15, 0.2) is 36.4 Å². The van der Waals surface area contributed by atoms with Crippen LogP contribution in [0.5, 0.6) is 0 Å². The summed E-state index contributed by atoms with van der Waals surface area (Å²) in [6, 6.07) is 7.36. The maximum Gasteiger partial charge on any atom is 0.305 e. The second-order valence-corrected chi connectivity index (χ2v) is 4.35. The molecule has 0 unspecified atom stereocenters. The molecule has 0 spiro atoms. The zero-order valence-corrected chi connectivity index (χ0v) is 11.0. The Balaban J connectivity index is 2.42. The number of nitrogens with one attached hydrogen (secondary N) is 1. The summed E-state index contributed by atoms with van der Waals surface area (Å²) < 4.78 is 27.5. The van der Waals surface area contributed by atoms with Crippen molar-refractivity contribution in [1.29, 1.82) is 0 Å². The van der Waals surface area contributed by atoms with Gasteiger partial charge in [0.25, 0.3) is 5.91 Å². The van der Waals surface area contributed by atoms with Crippen molar-refractivity contribution in [3.8, 4) is 0 Å². The van der Waals surface area contributed by atoms with Gasteiger partial charge in [0.05, 0.1) is 15.6 Å². The van der Waals surface area contributed by atoms with Crippen molar-refractivity contribution in [2.24, 2.45) is 0 Å². The largest absolute Gasteiger partial charge is 0.320 e. The molecule has 0 aliphatic carbocycles. The summed E-state index contributed by atoms with van der Waals surface area (Å²) in [6.45, 7) is 0. The first kappa shape index (κ1) is 14.9. The van der Waals surface area contributed by atoms with Gasteiger partial charge < -0.3 is 5.32 Å². The minimum absolute atomic E-state index is 0.134. The molecule has 0 aliphatic rings. The number of carbonyl (C=O) groups is 1. The minimum Gasteiger partial charge on any atom is -0.320 e. The van der Waals surface area contributed by atoms with Crippen molar-refractivity contribution in [3.63, 3.8) is 0 Å². The van der Waals surface area contributed by atoms with Crippen molar-refractivity contribution < 1.29 is 18.5 Å². The van der Waals surface area contributed by atoms with E-state index in [1.165, 1.54) is 12.1 Å². The lowest BCUT2D eigenvalue weighted by Gasteiger charge is -2.08. The molecule has 21 heavy (non-hydrogen) atoms. The van der Waals surface area contributed by atoms with E-state index in [9.17, 15) is 23.7 Å². The molecule has 0 aliphatic heterocycles. The number of hydrogen-bond acceptors (Lipinski definition) is 3. The zero-order valence-electron chi connectivity index (χ0n) is 10.3. The standard InChI is InChI=1S/C13H7ClF2N2O3/c14-7-3-1-2-4-9(7)17-13(19)11-8(15)5-6-10(12(11)16)18(20)21/h1-6H,(H,17,19). The molecule has 0 saturated carbocycles. The van der Waals surface area contributed by atoms with Gasteiger partial charge >= 0.3 is 5.69 Å². The van der Waals surface area contributed by atoms with Crippen LogP contribution in [0, 0.1) is 21.7 Å². The Labute approximate surface area is 122 Å². The molecule has 2 rings (SSSR count). The highest BCUT2D eigenvalue weighted by Crippen LogP contribution is 2.26. The molecule has 5 nitrogen and oxygen atoms in total. The molecule has 0 atom stereocenters. The summed E-state index contributed by atoms with van der Waals surface area (Å²) in [6.07, 6.45) is 0. The quantitative estimate of drug-likeness (QED) is 0.692. The number of para-hydroxylation sites is 1. The zero-order chi connectivity index (χ0) is 15.6. The monoisotopic (exact) mass is 312 g/mol. The number of nitro groups is 1. The van der Waals surface area contributed by atoms with Crippen LogP contribution in [0.25, 0.3) is 0 Å². The highest BCUT2D eigenvalue weighted by molar-refractivity contribution is 6.33. The number of nitro benzene ring substituents is 1. The Morgan fingerprint density at radius 3 is 2.48 bits per heavy atom. The van der Waals surface area contributed by atoms with Gasteiger partial charge in [0.15, 0.2) is 0 Å². The van der Waals surface area contributed by atoms with Crippen LogP contribution in [-0.4, -0.2) is 10.8 Å². The Hall–Kier alpha value is -2.54. The number of nitrogens with zero attached hydrogens (tertiary/aromatic N) is 1. The number of rotatable bonds is 3. The average Bonchev–Trinajstić information content (AvgIpc) is 2.41. The molecule has 2 aromatic rings. The van der Waals surface area contributed by atoms with E-state index >= 15 is 0 Å². The number of benzene rings is 2. The molecule has 8 heteroatoms. The van der Waals surface area contributed by atoms with Gasteiger partial charge in [0.1, 0.15) is 11.4 Å². The minimum atomic E-state index is -1.54. The van der Waals surface area contributed by atoms with Crippen LogP contribution in [0.1, 0.15) is 10.4 Å². The first-order valence-electron chi connectivity index (χ1n) is 5.60. The molecule has 0 heterocycles. The van der Waals surface area contributed by atoms with Gasteiger partial charge in [0, 0.05) is 6.07 Å². The van der Waals surface area contributed by atoms with E-state index in [1.807, 2.05) is 0 Å². The van der Waals surface area contributed by atoms with Crippen molar-refractivity contribution in [2.45, 2.75) is 0 Å². The van der Waals surface area contributed by atoms with E-state index in [2.05, 4.69) is 5.32 Å². The van der Waals surface area contributed by atoms with Crippen LogP contribution in [0.2, 0.25) is 5.02 Å². The fourth-order valence-electron chi connectivity index (χ4n) is 1.64. The van der Waals surface area contributed by atoms with E-state index in [0.717, 1.165) is 0 Å². The lowest BCUT2D eigenvalue weighted by Crippen LogP contribution is -2.17.